The van der Waals surface area contributed by atoms with Gasteiger partial charge in [0.25, 0.3) is 0 Å². The van der Waals surface area contributed by atoms with Crippen molar-refractivity contribution in [1.29, 1.82) is 0 Å². The highest BCUT2D eigenvalue weighted by molar-refractivity contribution is 7.99. The number of benzene rings is 2. The first-order chi connectivity index (χ1) is 10.3. The number of amides is 1. The van der Waals surface area contributed by atoms with Gasteiger partial charge in [-0.15, -0.1) is 11.8 Å². The number of rotatable bonds is 5. The summed E-state index contributed by atoms with van der Waals surface area (Å²) in [4.78, 5) is 13.2. The summed E-state index contributed by atoms with van der Waals surface area (Å²) in [6, 6.07) is 18.6. The van der Waals surface area contributed by atoms with Crippen molar-refractivity contribution < 1.29 is 4.79 Å². The second kappa shape index (κ2) is 6.78. The molecule has 0 aromatic heterocycles. The molecule has 108 valence electrons. The molecule has 0 saturated carbocycles. The first-order valence-electron chi connectivity index (χ1n) is 7.08. The molecule has 0 aliphatic carbocycles. The quantitative estimate of drug-likeness (QED) is 0.892. The van der Waals surface area contributed by atoms with Gasteiger partial charge in [0, 0.05) is 23.2 Å². The van der Waals surface area contributed by atoms with E-state index in [-0.39, 0.29) is 11.9 Å². The summed E-state index contributed by atoms with van der Waals surface area (Å²) >= 11 is 1.84. The van der Waals surface area contributed by atoms with Crippen molar-refractivity contribution >= 4 is 17.7 Å². The van der Waals surface area contributed by atoms with E-state index in [0.29, 0.717) is 13.1 Å². The van der Waals surface area contributed by atoms with Crippen LogP contribution in [0, 0.1) is 0 Å². The fourth-order valence-electron chi connectivity index (χ4n) is 2.41. The van der Waals surface area contributed by atoms with Crippen LogP contribution in [0.4, 0.5) is 0 Å². The second-order valence-corrected chi connectivity index (χ2v) is 6.11. The van der Waals surface area contributed by atoms with Crippen LogP contribution >= 0.6 is 11.8 Å². The maximum absolute atomic E-state index is 11.9. The molecule has 2 N–H and O–H groups in total. The number of thioether (sulfide) groups is 1. The molecule has 1 aliphatic rings. The molecule has 1 heterocycles. The van der Waals surface area contributed by atoms with E-state index in [2.05, 4.69) is 34.9 Å². The molecule has 2 aromatic carbocycles. The van der Waals surface area contributed by atoms with Gasteiger partial charge in [-0.05, 0) is 17.2 Å². The molecule has 3 nitrogen and oxygen atoms in total. The Labute approximate surface area is 129 Å². The van der Waals surface area contributed by atoms with Gasteiger partial charge in [-0.25, -0.2) is 0 Å². The van der Waals surface area contributed by atoms with Gasteiger partial charge in [-0.2, -0.15) is 0 Å². The molecule has 21 heavy (non-hydrogen) atoms. The Balaban J connectivity index is 1.47. The van der Waals surface area contributed by atoms with Crippen LogP contribution in [0.1, 0.15) is 17.2 Å². The highest BCUT2D eigenvalue weighted by Crippen LogP contribution is 2.37. The van der Waals surface area contributed by atoms with Crippen molar-refractivity contribution in [2.45, 2.75) is 17.5 Å². The smallest absolute Gasteiger partial charge is 0.234 e. The molecule has 3 rings (SSSR count). The molecule has 1 amide bonds. The van der Waals surface area contributed by atoms with E-state index < -0.39 is 0 Å². The Morgan fingerprint density at radius 3 is 2.71 bits per heavy atom. The molecule has 0 fully saturated rings. The molecule has 0 bridgehead atoms. The number of nitrogens with one attached hydrogen (secondary N) is 2. The van der Waals surface area contributed by atoms with Crippen molar-refractivity contribution in [3.8, 4) is 0 Å². The van der Waals surface area contributed by atoms with Crippen LogP contribution in [-0.4, -0.2) is 18.2 Å². The van der Waals surface area contributed by atoms with Crippen LogP contribution in [0.15, 0.2) is 59.5 Å². The third-order valence-corrected chi connectivity index (χ3v) is 4.72. The van der Waals surface area contributed by atoms with Gasteiger partial charge >= 0.3 is 0 Å². The van der Waals surface area contributed by atoms with E-state index in [0.717, 1.165) is 11.3 Å². The Kier molecular flexibility index (Phi) is 4.58. The van der Waals surface area contributed by atoms with Gasteiger partial charge in [0.15, 0.2) is 0 Å². The van der Waals surface area contributed by atoms with Crippen LogP contribution in [-0.2, 0) is 11.3 Å². The van der Waals surface area contributed by atoms with Crippen LogP contribution in [0.3, 0.4) is 0 Å². The summed E-state index contributed by atoms with van der Waals surface area (Å²) in [7, 11) is 0. The lowest BCUT2D eigenvalue weighted by Gasteiger charge is -2.13. The minimum absolute atomic E-state index is 0.0354. The minimum atomic E-state index is 0.0354. The van der Waals surface area contributed by atoms with E-state index in [1.54, 1.807) is 0 Å². The van der Waals surface area contributed by atoms with E-state index in [9.17, 15) is 4.79 Å². The van der Waals surface area contributed by atoms with E-state index >= 15 is 0 Å². The van der Waals surface area contributed by atoms with E-state index in [4.69, 9.17) is 0 Å². The highest BCUT2D eigenvalue weighted by Gasteiger charge is 2.22. The monoisotopic (exact) mass is 298 g/mol. The molecule has 1 aliphatic heterocycles. The molecule has 0 saturated heterocycles. The van der Waals surface area contributed by atoms with Crippen LogP contribution in [0.2, 0.25) is 0 Å². The van der Waals surface area contributed by atoms with Crippen LogP contribution in [0.25, 0.3) is 0 Å². The predicted octanol–water partition coefficient (Wildman–Crippen LogP) is 2.74. The largest absolute Gasteiger partial charge is 0.351 e. The summed E-state index contributed by atoms with van der Waals surface area (Å²) in [5.41, 5.74) is 2.42. The average molecular weight is 298 g/mol. The summed E-state index contributed by atoms with van der Waals surface area (Å²) in [5.74, 6) is 1.03. The molecule has 1 unspecified atom stereocenters. The summed E-state index contributed by atoms with van der Waals surface area (Å²) in [5, 5.41) is 6.28. The Bertz CT molecular complexity index is 615. The topological polar surface area (TPSA) is 41.1 Å². The van der Waals surface area contributed by atoms with Crippen molar-refractivity contribution in [2.24, 2.45) is 0 Å². The molecule has 1 atom stereocenters. The van der Waals surface area contributed by atoms with Gasteiger partial charge in [0.1, 0.15) is 0 Å². The third-order valence-electron chi connectivity index (χ3n) is 3.54. The lowest BCUT2D eigenvalue weighted by molar-refractivity contribution is -0.120. The lowest BCUT2D eigenvalue weighted by atomic mass is 10.1. The zero-order valence-electron chi connectivity index (χ0n) is 11.7. The number of carbonyl (C=O) groups is 1. The SMILES string of the molecule is O=C(CNC1CSc2ccccc21)NCc1ccccc1. The first-order valence-corrected chi connectivity index (χ1v) is 8.07. The minimum Gasteiger partial charge on any atom is -0.351 e. The Morgan fingerprint density at radius 2 is 1.86 bits per heavy atom. The first kappa shape index (κ1) is 14.2. The fraction of sp³-hybridized carbons (Fsp3) is 0.235. The number of hydrogen-bond acceptors (Lipinski definition) is 3. The maximum Gasteiger partial charge on any atom is 0.234 e. The average Bonchev–Trinajstić information content (AvgIpc) is 2.95. The van der Waals surface area contributed by atoms with Gasteiger partial charge in [0.05, 0.1) is 6.54 Å². The fourth-order valence-corrected chi connectivity index (χ4v) is 3.60. The third kappa shape index (κ3) is 3.65. The number of fused-ring (bicyclic) bond motifs is 1. The van der Waals surface area contributed by atoms with Crippen LogP contribution in [0.5, 0.6) is 0 Å². The zero-order valence-corrected chi connectivity index (χ0v) is 12.5. The normalized spacial score (nSPS) is 16.5. The number of carbonyl (C=O) groups excluding carboxylic acids is 1. The van der Waals surface area contributed by atoms with Gasteiger partial charge < -0.3 is 10.6 Å². The van der Waals surface area contributed by atoms with Crippen molar-refractivity contribution in [3.05, 3.63) is 65.7 Å². The van der Waals surface area contributed by atoms with E-state index in [1.807, 2.05) is 42.1 Å². The standard InChI is InChI=1S/C17H18N2OS/c20-17(19-10-13-6-2-1-3-7-13)11-18-15-12-21-16-9-5-4-8-14(15)16/h1-9,15,18H,10-12H2,(H,19,20). The van der Waals surface area contributed by atoms with Crippen molar-refractivity contribution in [3.63, 3.8) is 0 Å². The van der Waals surface area contributed by atoms with Crippen molar-refractivity contribution in [2.75, 3.05) is 12.3 Å². The second-order valence-electron chi connectivity index (χ2n) is 5.04. The predicted molar refractivity (Wildman–Crippen MR) is 86.2 cm³/mol. The maximum atomic E-state index is 11.9. The van der Waals surface area contributed by atoms with Crippen LogP contribution < -0.4 is 10.6 Å². The Hall–Kier alpha value is -1.78. The lowest BCUT2D eigenvalue weighted by Crippen LogP contribution is -2.35. The van der Waals surface area contributed by atoms with E-state index in [1.165, 1.54) is 10.5 Å². The zero-order chi connectivity index (χ0) is 14.5. The molecule has 2 aromatic rings. The molecule has 0 spiro atoms. The summed E-state index contributed by atoms with van der Waals surface area (Å²) in [6.45, 7) is 0.934. The van der Waals surface area contributed by atoms with Gasteiger partial charge in [-0.3, -0.25) is 4.79 Å². The van der Waals surface area contributed by atoms with Gasteiger partial charge in [0.2, 0.25) is 5.91 Å². The number of hydrogen-bond donors (Lipinski definition) is 2. The molecule has 4 heteroatoms. The van der Waals surface area contributed by atoms with Crippen molar-refractivity contribution in [1.82, 2.24) is 10.6 Å². The summed E-state index contributed by atoms with van der Waals surface area (Å²) in [6.07, 6.45) is 0. The summed E-state index contributed by atoms with van der Waals surface area (Å²) < 4.78 is 0. The molecule has 0 radical (unpaired) electrons. The van der Waals surface area contributed by atoms with Gasteiger partial charge in [-0.1, -0.05) is 48.5 Å². The Morgan fingerprint density at radius 1 is 1.10 bits per heavy atom. The molecular formula is C17H18N2OS. The molecular weight excluding hydrogens is 280 g/mol. The highest BCUT2D eigenvalue weighted by atomic mass is 32.2.